The van der Waals surface area contributed by atoms with E-state index in [1.807, 2.05) is 0 Å². The quantitative estimate of drug-likeness (QED) is 0.683. The Morgan fingerprint density at radius 3 is 2.42 bits per heavy atom. The van der Waals surface area contributed by atoms with Crippen molar-refractivity contribution in [3.8, 4) is 0 Å². The monoisotopic (exact) mass is 284 g/mol. The van der Waals surface area contributed by atoms with Gasteiger partial charge >= 0.3 is 12.1 Å². The zero-order valence-electron chi connectivity index (χ0n) is 9.59. The van der Waals surface area contributed by atoms with Crippen LogP contribution in [0, 0.1) is 0 Å². The minimum Gasteiger partial charge on any atom is -0.464 e. The minimum atomic E-state index is -5.08. The third-order valence-electron chi connectivity index (χ3n) is 2.31. The van der Waals surface area contributed by atoms with Crippen molar-refractivity contribution >= 4 is 5.97 Å². The summed E-state index contributed by atoms with van der Waals surface area (Å²) in [5.41, 5.74) is 0.631. The standard InChI is InChI=1S/C10H9F5N2O2/c1-19-9(18)7-4(2-16)6(10(13,14)15)5(3-17-7)8(11)12/h3,8H,2,16H2,1H3. The first-order valence-corrected chi connectivity index (χ1v) is 4.89. The zero-order chi connectivity index (χ0) is 14.8. The molecule has 0 amide bonds. The molecule has 0 unspecified atom stereocenters. The molecule has 9 heteroatoms. The Labute approximate surface area is 104 Å². The van der Waals surface area contributed by atoms with Crippen LogP contribution in [0.3, 0.4) is 0 Å². The Morgan fingerprint density at radius 2 is 2.05 bits per heavy atom. The third kappa shape index (κ3) is 2.98. The van der Waals surface area contributed by atoms with Crippen LogP contribution in [0.4, 0.5) is 22.0 Å². The van der Waals surface area contributed by atoms with Gasteiger partial charge in [-0.3, -0.25) is 0 Å². The molecule has 1 aromatic rings. The molecule has 0 saturated carbocycles. The normalized spacial score (nSPS) is 11.8. The van der Waals surface area contributed by atoms with Crippen LogP contribution in [-0.2, 0) is 17.5 Å². The maximum atomic E-state index is 12.8. The number of esters is 1. The molecule has 0 aliphatic heterocycles. The lowest BCUT2D eigenvalue weighted by atomic mass is 10.0. The average molecular weight is 284 g/mol. The summed E-state index contributed by atoms with van der Waals surface area (Å²) < 4.78 is 67.9. The van der Waals surface area contributed by atoms with E-state index in [1.54, 1.807) is 0 Å². The summed E-state index contributed by atoms with van der Waals surface area (Å²) in [6, 6.07) is 0. The fraction of sp³-hybridized carbons (Fsp3) is 0.400. The van der Waals surface area contributed by atoms with Crippen molar-refractivity contribution in [3.05, 3.63) is 28.6 Å². The van der Waals surface area contributed by atoms with E-state index in [4.69, 9.17) is 5.73 Å². The molecule has 0 atom stereocenters. The minimum absolute atomic E-state index is 0.304. The number of methoxy groups -OCH3 is 1. The summed E-state index contributed by atoms with van der Waals surface area (Å²) in [6.45, 7) is -0.771. The highest BCUT2D eigenvalue weighted by Crippen LogP contribution is 2.39. The summed E-state index contributed by atoms with van der Waals surface area (Å²) in [7, 11) is 0.929. The topological polar surface area (TPSA) is 65.2 Å². The molecule has 4 nitrogen and oxygen atoms in total. The van der Waals surface area contributed by atoms with Gasteiger partial charge in [-0.15, -0.1) is 0 Å². The number of pyridine rings is 1. The molecule has 0 aromatic carbocycles. The molecule has 0 aliphatic rings. The van der Waals surface area contributed by atoms with Gasteiger partial charge in [0.15, 0.2) is 5.69 Å². The molecule has 1 aromatic heterocycles. The Bertz CT molecular complexity index is 488. The third-order valence-corrected chi connectivity index (χ3v) is 2.31. The smallest absolute Gasteiger partial charge is 0.417 e. The summed E-state index contributed by atoms with van der Waals surface area (Å²) in [5.74, 6) is -1.17. The molecule has 19 heavy (non-hydrogen) atoms. The number of alkyl halides is 5. The number of nitrogens with zero attached hydrogens (tertiary/aromatic N) is 1. The van der Waals surface area contributed by atoms with Gasteiger partial charge < -0.3 is 10.5 Å². The molecule has 0 saturated heterocycles. The maximum Gasteiger partial charge on any atom is 0.417 e. The van der Waals surface area contributed by atoms with Crippen molar-refractivity contribution in [3.63, 3.8) is 0 Å². The molecular weight excluding hydrogens is 275 g/mol. The number of hydrogen-bond acceptors (Lipinski definition) is 4. The van der Waals surface area contributed by atoms with E-state index in [0.29, 0.717) is 6.20 Å². The lowest BCUT2D eigenvalue weighted by Gasteiger charge is -2.17. The van der Waals surface area contributed by atoms with E-state index in [0.717, 1.165) is 7.11 Å². The fourth-order valence-corrected chi connectivity index (χ4v) is 1.54. The first-order chi connectivity index (χ1) is 8.73. The van der Waals surface area contributed by atoms with E-state index in [-0.39, 0.29) is 0 Å². The predicted molar refractivity (Wildman–Crippen MR) is 53.4 cm³/mol. The molecule has 2 N–H and O–H groups in total. The van der Waals surface area contributed by atoms with Crippen LogP contribution in [0.2, 0.25) is 0 Å². The molecule has 1 heterocycles. The number of carbonyl (C=O) groups is 1. The van der Waals surface area contributed by atoms with Gasteiger partial charge in [0.05, 0.1) is 12.7 Å². The van der Waals surface area contributed by atoms with Crippen LogP contribution in [0.1, 0.15) is 33.6 Å². The summed E-state index contributed by atoms with van der Waals surface area (Å²) >= 11 is 0. The highest BCUT2D eigenvalue weighted by atomic mass is 19.4. The Kier molecular flexibility index (Phi) is 4.40. The van der Waals surface area contributed by atoms with Crippen LogP contribution in [-0.4, -0.2) is 18.1 Å². The summed E-state index contributed by atoms with van der Waals surface area (Å²) in [6.07, 6.45) is -8.16. The number of hydrogen-bond donors (Lipinski definition) is 1. The molecular formula is C10H9F5N2O2. The second kappa shape index (κ2) is 5.47. The number of rotatable bonds is 3. The average Bonchev–Trinajstić information content (AvgIpc) is 2.34. The lowest BCUT2D eigenvalue weighted by molar-refractivity contribution is -0.140. The highest BCUT2D eigenvalue weighted by molar-refractivity contribution is 5.89. The van der Waals surface area contributed by atoms with Crippen molar-refractivity contribution < 1.29 is 31.5 Å². The second-order valence-electron chi connectivity index (χ2n) is 3.41. The van der Waals surface area contributed by atoms with E-state index in [1.165, 1.54) is 0 Å². The summed E-state index contributed by atoms with van der Waals surface area (Å²) in [5, 5.41) is 0. The van der Waals surface area contributed by atoms with Crippen molar-refractivity contribution in [1.82, 2.24) is 4.98 Å². The number of ether oxygens (including phenoxy) is 1. The van der Waals surface area contributed by atoms with Gasteiger partial charge in [-0.1, -0.05) is 0 Å². The van der Waals surface area contributed by atoms with E-state index < -0.39 is 47.5 Å². The maximum absolute atomic E-state index is 12.8. The second-order valence-corrected chi connectivity index (χ2v) is 3.41. The molecule has 1 rings (SSSR count). The number of carbonyl (C=O) groups excluding carboxylic acids is 1. The number of halogens is 5. The highest BCUT2D eigenvalue weighted by Gasteiger charge is 2.40. The van der Waals surface area contributed by atoms with Gasteiger partial charge in [0.1, 0.15) is 0 Å². The predicted octanol–water partition coefficient (Wildman–Crippen LogP) is 2.28. The molecule has 0 bridgehead atoms. The van der Waals surface area contributed by atoms with Crippen LogP contribution in [0.5, 0.6) is 0 Å². The van der Waals surface area contributed by atoms with E-state index in [2.05, 4.69) is 9.72 Å². The molecule has 0 aliphatic carbocycles. The van der Waals surface area contributed by atoms with Gasteiger partial charge in [-0.05, 0) is 0 Å². The molecule has 0 fully saturated rings. The lowest BCUT2D eigenvalue weighted by Crippen LogP contribution is -2.21. The van der Waals surface area contributed by atoms with Crippen LogP contribution < -0.4 is 5.73 Å². The molecule has 0 radical (unpaired) electrons. The fourth-order valence-electron chi connectivity index (χ4n) is 1.54. The Morgan fingerprint density at radius 1 is 1.47 bits per heavy atom. The summed E-state index contributed by atoms with van der Waals surface area (Å²) in [4.78, 5) is 14.5. The van der Waals surface area contributed by atoms with Gasteiger partial charge in [0.25, 0.3) is 6.43 Å². The van der Waals surface area contributed by atoms with Gasteiger partial charge in [0, 0.05) is 23.9 Å². The molecule has 106 valence electrons. The van der Waals surface area contributed by atoms with Crippen molar-refractivity contribution in [2.24, 2.45) is 5.73 Å². The van der Waals surface area contributed by atoms with Crippen LogP contribution in [0.25, 0.3) is 0 Å². The number of nitrogens with two attached hydrogens (primary N) is 1. The largest absolute Gasteiger partial charge is 0.464 e. The Hall–Kier alpha value is -1.77. The van der Waals surface area contributed by atoms with E-state index in [9.17, 15) is 26.7 Å². The van der Waals surface area contributed by atoms with Gasteiger partial charge in [0.2, 0.25) is 0 Å². The van der Waals surface area contributed by atoms with Crippen molar-refractivity contribution in [1.29, 1.82) is 0 Å². The van der Waals surface area contributed by atoms with Gasteiger partial charge in [-0.25, -0.2) is 18.6 Å². The van der Waals surface area contributed by atoms with Crippen molar-refractivity contribution in [2.45, 2.75) is 19.1 Å². The number of aromatic nitrogens is 1. The Balaban J connectivity index is 3.64. The molecule has 0 spiro atoms. The van der Waals surface area contributed by atoms with E-state index >= 15 is 0 Å². The van der Waals surface area contributed by atoms with Gasteiger partial charge in [-0.2, -0.15) is 13.2 Å². The zero-order valence-corrected chi connectivity index (χ0v) is 9.59. The first kappa shape index (κ1) is 15.3. The first-order valence-electron chi connectivity index (χ1n) is 4.89. The van der Waals surface area contributed by atoms with Crippen molar-refractivity contribution in [2.75, 3.05) is 7.11 Å². The van der Waals surface area contributed by atoms with Crippen LogP contribution >= 0.6 is 0 Å². The van der Waals surface area contributed by atoms with Crippen LogP contribution in [0.15, 0.2) is 6.20 Å². The SMILES string of the molecule is COC(=O)c1ncc(C(F)F)c(C(F)(F)F)c1CN.